The minimum atomic E-state index is -0.431. The van der Waals surface area contributed by atoms with E-state index in [4.69, 9.17) is 11.6 Å². The Bertz CT molecular complexity index is 352. The van der Waals surface area contributed by atoms with E-state index in [9.17, 15) is 4.39 Å². The number of benzene rings is 1. The number of halogens is 2. The number of rotatable bonds is 1. The van der Waals surface area contributed by atoms with E-state index in [2.05, 4.69) is 24.5 Å². The molecular weight excluding hydrogens is 207 g/mol. The van der Waals surface area contributed by atoms with E-state index in [-0.39, 0.29) is 5.02 Å². The molecule has 1 aromatic carbocycles. The molecule has 1 rings (SSSR count). The summed E-state index contributed by atoms with van der Waals surface area (Å²) in [7, 11) is 0. The average molecular weight is 215 g/mol. The van der Waals surface area contributed by atoms with E-state index in [1.54, 1.807) is 6.07 Å². The lowest BCUT2D eigenvalue weighted by molar-refractivity contribution is 0.628. The van der Waals surface area contributed by atoms with Crippen LogP contribution in [0.2, 0.25) is 5.02 Å². The fourth-order valence-corrected chi connectivity index (χ4v) is 1.02. The largest absolute Gasteiger partial charge is 0.205 e. The number of thiol groups is 1. The van der Waals surface area contributed by atoms with Crippen LogP contribution in [0.4, 0.5) is 4.39 Å². The van der Waals surface area contributed by atoms with Crippen molar-refractivity contribution in [3.05, 3.63) is 34.6 Å². The van der Waals surface area contributed by atoms with E-state index < -0.39 is 5.82 Å². The summed E-state index contributed by atoms with van der Waals surface area (Å²) in [5, 5.41) is 0.125. The summed E-state index contributed by atoms with van der Waals surface area (Å²) in [5.74, 6) is 5.96. The van der Waals surface area contributed by atoms with Gasteiger partial charge in [-0.15, -0.1) is 0 Å². The van der Waals surface area contributed by atoms with Gasteiger partial charge >= 0.3 is 0 Å². The Labute approximate surface area is 87.5 Å². The van der Waals surface area contributed by atoms with Crippen molar-refractivity contribution in [3.63, 3.8) is 0 Å². The molecule has 0 bridgehead atoms. The lowest BCUT2D eigenvalue weighted by atomic mass is 10.2. The number of hydrogen-bond acceptors (Lipinski definition) is 1. The molecule has 0 fully saturated rings. The summed E-state index contributed by atoms with van der Waals surface area (Å²) >= 11 is 9.51. The van der Waals surface area contributed by atoms with Crippen molar-refractivity contribution >= 4 is 24.2 Å². The van der Waals surface area contributed by atoms with Crippen LogP contribution < -0.4 is 0 Å². The van der Waals surface area contributed by atoms with Crippen molar-refractivity contribution in [3.8, 4) is 11.8 Å². The summed E-state index contributed by atoms with van der Waals surface area (Å²) in [4.78, 5) is 0. The monoisotopic (exact) mass is 214 g/mol. The van der Waals surface area contributed by atoms with E-state index in [1.807, 2.05) is 0 Å². The molecule has 0 nitrogen and oxygen atoms in total. The predicted molar refractivity (Wildman–Crippen MR) is 56.8 cm³/mol. The highest BCUT2D eigenvalue weighted by atomic mass is 35.5. The third-order valence-electron chi connectivity index (χ3n) is 1.39. The van der Waals surface area contributed by atoms with Gasteiger partial charge in [-0.3, -0.25) is 0 Å². The third-order valence-corrected chi connectivity index (χ3v) is 1.92. The second kappa shape index (κ2) is 5.16. The van der Waals surface area contributed by atoms with Crippen LogP contribution in [0.25, 0.3) is 0 Å². The van der Waals surface area contributed by atoms with Crippen LogP contribution in [0.1, 0.15) is 12.0 Å². The zero-order valence-electron chi connectivity index (χ0n) is 6.85. The molecule has 0 atom stereocenters. The maximum absolute atomic E-state index is 12.9. The van der Waals surface area contributed by atoms with E-state index >= 15 is 0 Å². The molecule has 13 heavy (non-hydrogen) atoms. The molecule has 0 saturated heterocycles. The second-order valence-electron chi connectivity index (χ2n) is 2.40. The normalized spacial score (nSPS) is 9.15. The molecule has 0 aliphatic heterocycles. The predicted octanol–water partition coefficient (Wildman–Crippen LogP) is 3.15. The van der Waals surface area contributed by atoms with Crippen LogP contribution in [-0.2, 0) is 0 Å². The molecule has 0 amide bonds. The lowest BCUT2D eigenvalue weighted by Crippen LogP contribution is -1.80. The van der Waals surface area contributed by atoms with Crippen molar-refractivity contribution in [1.29, 1.82) is 0 Å². The van der Waals surface area contributed by atoms with Gasteiger partial charge in [-0.25, -0.2) is 4.39 Å². The number of hydrogen-bond donors (Lipinski definition) is 1. The molecule has 0 aliphatic carbocycles. The molecule has 0 aliphatic rings. The van der Waals surface area contributed by atoms with E-state index in [1.165, 1.54) is 12.1 Å². The summed E-state index contributed by atoms with van der Waals surface area (Å²) in [6, 6.07) is 4.52. The average Bonchev–Trinajstić information content (AvgIpc) is 2.12. The topological polar surface area (TPSA) is 0 Å². The molecule has 0 unspecified atom stereocenters. The fourth-order valence-electron chi connectivity index (χ4n) is 0.794. The first-order valence-electron chi connectivity index (χ1n) is 3.79. The first kappa shape index (κ1) is 10.4. The maximum atomic E-state index is 12.9. The van der Waals surface area contributed by atoms with Crippen LogP contribution in [0.5, 0.6) is 0 Å². The highest BCUT2D eigenvalue weighted by Crippen LogP contribution is 2.14. The van der Waals surface area contributed by atoms with E-state index in [0.29, 0.717) is 17.7 Å². The Morgan fingerprint density at radius 2 is 2.23 bits per heavy atom. The summed E-state index contributed by atoms with van der Waals surface area (Å²) in [6.07, 6.45) is 0.702. The molecule has 0 N–H and O–H groups in total. The molecule has 68 valence electrons. The highest BCUT2D eigenvalue weighted by molar-refractivity contribution is 7.80. The van der Waals surface area contributed by atoms with Gasteiger partial charge in [0.15, 0.2) is 0 Å². The van der Waals surface area contributed by atoms with Gasteiger partial charge in [-0.05, 0) is 18.2 Å². The first-order chi connectivity index (χ1) is 6.24. The van der Waals surface area contributed by atoms with Crippen LogP contribution in [0.15, 0.2) is 18.2 Å². The molecule has 3 heteroatoms. The molecular formula is C10H8ClFS. The Hall–Kier alpha value is -0.650. The van der Waals surface area contributed by atoms with Crippen LogP contribution in [0, 0.1) is 17.7 Å². The second-order valence-corrected chi connectivity index (χ2v) is 3.26. The van der Waals surface area contributed by atoms with Crippen LogP contribution >= 0.6 is 24.2 Å². The Kier molecular flexibility index (Phi) is 4.14. The van der Waals surface area contributed by atoms with Gasteiger partial charge < -0.3 is 0 Å². The van der Waals surface area contributed by atoms with Crippen molar-refractivity contribution in [2.24, 2.45) is 0 Å². The van der Waals surface area contributed by atoms with Crippen molar-refractivity contribution < 1.29 is 4.39 Å². The molecule has 0 saturated carbocycles. The zero-order chi connectivity index (χ0) is 9.68. The minimum absolute atomic E-state index is 0.125. The van der Waals surface area contributed by atoms with Gasteiger partial charge in [0.05, 0.1) is 5.02 Å². The quantitative estimate of drug-likeness (QED) is 0.539. The Balaban J connectivity index is 2.81. The van der Waals surface area contributed by atoms with Gasteiger partial charge in [0, 0.05) is 17.7 Å². The molecule has 0 aromatic heterocycles. The molecule has 0 spiro atoms. The zero-order valence-corrected chi connectivity index (χ0v) is 8.50. The summed E-state index contributed by atoms with van der Waals surface area (Å²) in [6.45, 7) is 0. The van der Waals surface area contributed by atoms with Gasteiger partial charge in [-0.1, -0.05) is 23.4 Å². The van der Waals surface area contributed by atoms with Crippen LogP contribution in [-0.4, -0.2) is 5.75 Å². The van der Waals surface area contributed by atoms with E-state index in [0.717, 1.165) is 0 Å². The Morgan fingerprint density at radius 1 is 1.46 bits per heavy atom. The van der Waals surface area contributed by atoms with Crippen molar-refractivity contribution in [2.75, 3.05) is 5.75 Å². The summed E-state index contributed by atoms with van der Waals surface area (Å²) < 4.78 is 12.9. The van der Waals surface area contributed by atoms with Gasteiger partial charge in [0.2, 0.25) is 0 Å². The van der Waals surface area contributed by atoms with Gasteiger partial charge in [-0.2, -0.15) is 12.6 Å². The lowest BCUT2D eigenvalue weighted by Gasteiger charge is -1.93. The van der Waals surface area contributed by atoms with Crippen molar-refractivity contribution in [1.82, 2.24) is 0 Å². The minimum Gasteiger partial charge on any atom is -0.205 e. The third kappa shape index (κ3) is 3.30. The van der Waals surface area contributed by atoms with Gasteiger partial charge in [0.1, 0.15) is 5.82 Å². The SMILES string of the molecule is Fc1cc(C#CCCS)ccc1Cl. The maximum Gasteiger partial charge on any atom is 0.143 e. The summed E-state index contributed by atoms with van der Waals surface area (Å²) in [5.41, 5.74) is 0.642. The highest BCUT2D eigenvalue weighted by Gasteiger charge is 1.97. The molecule has 1 aromatic rings. The smallest absolute Gasteiger partial charge is 0.143 e. The standard InChI is InChI=1S/C10H8ClFS/c11-9-5-4-8(7-10(9)12)3-1-2-6-13/h4-5,7,13H,2,6H2. The van der Waals surface area contributed by atoms with Crippen molar-refractivity contribution in [2.45, 2.75) is 6.42 Å². The Morgan fingerprint density at radius 3 is 2.85 bits per heavy atom. The fraction of sp³-hybridized carbons (Fsp3) is 0.200. The molecule has 0 heterocycles. The van der Waals surface area contributed by atoms with Crippen LogP contribution in [0.3, 0.4) is 0 Å². The molecule has 0 radical (unpaired) electrons. The first-order valence-corrected chi connectivity index (χ1v) is 4.80. The van der Waals surface area contributed by atoms with Gasteiger partial charge in [0.25, 0.3) is 0 Å².